The fourth-order valence-electron chi connectivity index (χ4n) is 1.88. The molecule has 0 atom stereocenters. The van der Waals surface area contributed by atoms with Crippen molar-refractivity contribution < 1.29 is 13.2 Å². The minimum absolute atomic E-state index is 0.143. The standard InChI is InChI=1S/C15H14N2O3S/c1-20-15-8-7-13(11-12(15)9-10-16)17-21(18,19)14-5-3-2-4-6-14/h2-8,11,17H,9H2,1H3. The number of nitriles is 1. The number of methoxy groups -OCH3 is 1. The number of ether oxygens (including phenoxy) is 1. The van der Waals surface area contributed by atoms with Gasteiger partial charge in [0.15, 0.2) is 0 Å². The molecule has 2 aromatic carbocycles. The van der Waals surface area contributed by atoms with Gasteiger partial charge in [0.05, 0.1) is 24.5 Å². The van der Waals surface area contributed by atoms with Crippen molar-refractivity contribution in [2.75, 3.05) is 11.8 Å². The first-order valence-corrected chi connectivity index (χ1v) is 7.67. The number of hydrogen-bond acceptors (Lipinski definition) is 4. The van der Waals surface area contributed by atoms with Gasteiger partial charge >= 0.3 is 0 Å². The SMILES string of the molecule is COc1ccc(NS(=O)(=O)c2ccccc2)cc1CC#N. The molecular weight excluding hydrogens is 288 g/mol. The van der Waals surface area contributed by atoms with E-state index in [0.29, 0.717) is 17.0 Å². The van der Waals surface area contributed by atoms with Gasteiger partial charge in [-0.15, -0.1) is 0 Å². The van der Waals surface area contributed by atoms with Crippen LogP contribution in [-0.4, -0.2) is 15.5 Å². The van der Waals surface area contributed by atoms with Gasteiger partial charge < -0.3 is 4.74 Å². The van der Waals surface area contributed by atoms with E-state index in [1.54, 1.807) is 36.4 Å². The van der Waals surface area contributed by atoms with Crippen LogP contribution in [0.3, 0.4) is 0 Å². The van der Waals surface area contributed by atoms with Gasteiger partial charge in [-0.3, -0.25) is 4.72 Å². The minimum Gasteiger partial charge on any atom is -0.496 e. The van der Waals surface area contributed by atoms with E-state index in [1.807, 2.05) is 6.07 Å². The minimum atomic E-state index is -3.64. The summed E-state index contributed by atoms with van der Waals surface area (Å²) in [5, 5.41) is 8.80. The molecule has 0 aliphatic heterocycles. The molecule has 6 heteroatoms. The summed E-state index contributed by atoms with van der Waals surface area (Å²) < 4.78 is 32.1. The molecule has 0 saturated carbocycles. The molecule has 0 spiro atoms. The molecule has 0 aliphatic rings. The Hall–Kier alpha value is -2.52. The number of anilines is 1. The van der Waals surface area contributed by atoms with E-state index >= 15 is 0 Å². The summed E-state index contributed by atoms with van der Waals surface area (Å²) in [6, 6.07) is 14.9. The Labute approximate surface area is 123 Å². The van der Waals surface area contributed by atoms with Gasteiger partial charge in [0.25, 0.3) is 10.0 Å². The predicted octanol–water partition coefficient (Wildman–Crippen LogP) is 2.56. The van der Waals surface area contributed by atoms with Crippen molar-refractivity contribution >= 4 is 15.7 Å². The second-order valence-electron chi connectivity index (χ2n) is 4.28. The molecule has 0 aromatic heterocycles. The van der Waals surface area contributed by atoms with E-state index < -0.39 is 10.0 Å². The molecule has 108 valence electrons. The largest absolute Gasteiger partial charge is 0.496 e. The zero-order valence-corrected chi connectivity index (χ0v) is 12.2. The molecule has 21 heavy (non-hydrogen) atoms. The molecule has 2 aromatic rings. The molecule has 2 rings (SSSR count). The molecule has 5 nitrogen and oxygen atoms in total. The topological polar surface area (TPSA) is 79.2 Å². The third kappa shape index (κ3) is 3.52. The molecule has 0 unspecified atom stereocenters. The van der Waals surface area contributed by atoms with Gasteiger partial charge in [-0.2, -0.15) is 5.26 Å². The lowest BCUT2D eigenvalue weighted by atomic mass is 10.1. The highest BCUT2D eigenvalue weighted by atomic mass is 32.2. The zero-order chi connectivity index (χ0) is 15.3. The van der Waals surface area contributed by atoms with Crippen molar-refractivity contribution in [3.8, 4) is 11.8 Å². The lowest BCUT2D eigenvalue weighted by Gasteiger charge is -2.11. The maximum absolute atomic E-state index is 12.2. The van der Waals surface area contributed by atoms with Gasteiger partial charge in [-0.25, -0.2) is 8.42 Å². The van der Waals surface area contributed by atoms with E-state index in [9.17, 15) is 8.42 Å². The van der Waals surface area contributed by atoms with Crippen molar-refractivity contribution in [2.24, 2.45) is 0 Å². The monoisotopic (exact) mass is 302 g/mol. The zero-order valence-electron chi connectivity index (χ0n) is 11.4. The van der Waals surface area contributed by atoms with Crippen LogP contribution in [0.4, 0.5) is 5.69 Å². The quantitative estimate of drug-likeness (QED) is 0.920. The fourth-order valence-corrected chi connectivity index (χ4v) is 2.95. The van der Waals surface area contributed by atoms with Gasteiger partial charge in [0.1, 0.15) is 5.75 Å². The van der Waals surface area contributed by atoms with Gasteiger partial charge in [-0.05, 0) is 30.3 Å². The fraction of sp³-hybridized carbons (Fsp3) is 0.133. The van der Waals surface area contributed by atoms with Crippen LogP contribution in [-0.2, 0) is 16.4 Å². The summed E-state index contributed by atoms with van der Waals surface area (Å²) in [6.45, 7) is 0. The highest BCUT2D eigenvalue weighted by Crippen LogP contribution is 2.24. The second kappa shape index (κ2) is 6.29. The van der Waals surface area contributed by atoms with Crippen LogP contribution >= 0.6 is 0 Å². The lowest BCUT2D eigenvalue weighted by molar-refractivity contribution is 0.411. The first kappa shape index (κ1) is 14.9. The first-order chi connectivity index (χ1) is 10.1. The van der Waals surface area contributed by atoms with Crippen LogP contribution in [0.25, 0.3) is 0 Å². The van der Waals surface area contributed by atoms with Crippen molar-refractivity contribution in [3.63, 3.8) is 0 Å². The van der Waals surface area contributed by atoms with E-state index in [-0.39, 0.29) is 11.3 Å². The molecular formula is C15H14N2O3S. The third-order valence-electron chi connectivity index (χ3n) is 2.86. The van der Waals surface area contributed by atoms with Crippen molar-refractivity contribution in [1.29, 1.82) is 5.26 Å². The van der Waals surface area contributed by atoms with Gasteiger partial charge in [-0.1, -0.05) is 18.2 Å². The summed E-state index contributed by atoms with van der Waals surface area (Å²) in [7, 11) is -2.13. The maximum atomic E-state index is 12.2. The van der Waals surface area contributed by atoms with Gasteiger partial charge in [0.2, 0.25) is 0 Å². The average Bonchev–Trinajstić information content (AvgIpc) is 2.48. The Bertz CT molecular complexity index is 765. The summed E-state index contributed by atoms with van der Waals surface area (Å²) in [5.74, 6) is 0.555. The number of nitrogens with one attached hydrogen (secondary N) is 1. The van der Waals surface area contributed by atoms with Crippen molar-refractivity contribution in [3.05, 3.63) is 54.1 Å². The maximum Gasteiger partial charge on any atom is 0.261 e. The Morgan fingerprint density at radius 2 is 1.90 bits per heavy atom. The summed E-state index contributed by atoms with van der Waals surface area (Å²) in [4.78, 5) is 0.183. The molecule has 0 amide bonds. The predicted molar refractivity (Wildman–Crippen MR) is 79.6 cm³/mol. The highest BCUT2D eigenvalue weighted by Gasteiger charge is 2.14. The van der Waals surface area contributed by atoms with Crippen LogP contribution in [0.5, 0.6) is 5.75 Å². The number of hydrogen-bond donors (Lipinski definition) is 1. The van der Waals surface area contributed by atoms with Crippen LogP contribution < -0.4 is 9.46 Å². The smallest absolute Gasteiger partial charge is 0.261 e. The number of nitrogens with zero attached hydrogens (tertiary/aromatic N) is 1. The first-order valence-electron chi connectivity index (χ1n) is 6.18. The second-order valence-corrected chi connectivity index (χ2v) is 5.96. The molecule has 0 bridgehead atoms. The normalized spacial score (nSPS) is 10.7. The Morgan fingerprint density at radius 1 is 1.19 bits per heavy atom. The van der Waals surface area contributed by atoms with Gasteiger partial charge in [0, 0.05) is 11.3 Å². The van der Waals surface area contributed by atoms with E-state index in [2.05, 4.69) is 4.72 Å². The summed E-state index contributed by atoms with van der Waals surface area (Å²) in [5.41, 5.74) is 1.03. The van der Waals surface area contributed by atoms with Crippen LogP contribution in [0.1, 0.15) is 5.56 Å². The van der Waals surface area contributed by atoms with Crippen molar-refractivity contribution in [2.45, 2.75) is 11.3 Å². The number of rotatable bonds is 5. The molecule has 0 heterocycles. The lowest BCUT2D eigenvalue weighted by Crippen LogP contribution is -2.13. The third-order valence-corrected chi connectivity index (χ3v) is 4.25. The summed E-state index contributed by atoms with van der Waals surface area (Å²) in [6.07, 6.45) is 0.143. The molecule has 0 saturated heterocycles. The van der Waals surface area contributed by atoms with Crippen LogP contribution in [0, 0.1) is 11.3 Å². The highest BCUT2D eigenvalue weighted by molar-refractivity contribution is 7.92. The van der Waals surface area contributed by atoms with E-state index in [1.165, 1.54) is 19.2 Å². The average molecular weight is 302 g/mol. The van der Waals surface area contributed by atoms with E-state index in [0.717, 1.165) is 0 Å². The number of benzene rings is 2. The summed E-state index contributed by atoms with van der Waals surface area (Å²) >= 11 is 0. The molecule has 1 N–H and O–H groups in total. The Morgan fingerprint density at radius 3 is 2.52 bits per heavy atom. The van der Waals surface area contributed by atoms with E-state index in [4.69, 9.17) is 10.00 Å². The molecule has 0 radical (unpaired) electrons. The number of sulfonamides is 1. The Balaban J connectivity index is 2.32. The van der Waals surface area contributed by atoms with Crippen LogP contribution in [0.2, 0.25) is 0 Å². The molecule has 0 fully saturated rings. The van der Waals surface area contributed by atoms with Crippen molar-refractivity contribution in [1.82, 2.24) is 0 Å². The Kier molecular flexibility index (Phi) is 4.45. The molecule has 0 aliphatic carbocycles. The van der Waals surface area contributed by atoms with Crippen LogP contribution in [0.15, 0.2) is 53.4 Å².